The summed E-state index contributed by atoms with van der Waals surface area (Å²) < 4.78 is 45.4. The van der Waals surface area contributed by atoms with Crippen LogP contribution in [0.3, 0.4) is 0 Å². The zero-order valence-corrected chi connectivity index (χ0v) is 15.1. The molecule has 1 aliphatic heterocycles. The summed E-state index contributed by atoms with van der Waals surface area (Å²) in [6.45, 7) is 1.58. The molecule has 0 saturated carbocycles. The molecule has 140 valence electrons. The Kier molecular flexibility index (Phi) is 5.09. The summed E-state index contributed by atoms with van der Waals surface area (Å²) >= 11 is 1.46. The third-order valence-corrected chi connectivity index (χ3v) is 5.36. The Morgan fingerprint density at radius 1 is 1.04 bits per heavy atom. The van der Waals surface area contributed by atoms with Crippen LogP contribution >= 0.6 is 11.3 Å². The third kappa shape index (κ3) is 4.12. The number of hydrogen-bond acceptors (Lipinski definition) is 5. The van der Waals surface area contributed by atoms with E-state index < -0.39 is 11.6 Å². The maximum Gasteiger partial charge on any atom is 0.208 e. The average molecular weight is 391 g/mol. The molecular formula is C19H16F3N3OS. The topological polar surface area (TPSA) is 38.2 Å². The quantitative estimate of drug-likeness (QED) is 0.671. The summed E-state index contributed by atoms with van der Waals surface area (Å²) in [5, 5.41) is 10.0. The van der Waals surface area contributed by atoms with E-state index in [-0.39, 0.29) is 11.9 Å². The first kappa shape index (κ1) is 17.9. The van der Waals surface area contributed by atoms with Gasteiger partial charge in [0.1, 0.15) is 16.9 Å². The minimum Gasteiger partial charge on any atom is -0.370 e. The van der Waals surface area contributed by atoms with Crippen LogP contribution in [-0.4, -0.2) is 29.9 Å². The summed E-state index contributed by atoms with van der Waals surface area (Å²) in [7, 11) is 0. The summed E-state index contributed by atoms with van der Waals surface area (Å²) in [5.74, 6) is -2.03. The highest BCUT2D eigenvalue weighted by atomic mass is 32.1. The molecule has 1 saturated heterocycles. The van der Waals surface area contributed by atoms with Crippen LogP contribution in [-0.2, 0) is 11.2 Å². The zero-order valence-electron chi connectivity index (χ0n) is 14.2. The Morgan fingerprint density at radius 2 is 1.85 bits per heavy atom. The van der Waals surface area contributed by atoms with E-state index in [4.69, 9.17) is 4.74 Å². The first-order valence-corrected chi connectivity index (χ1v) is 9.28. The first-order valence-electron chi connectivity index (χ1n) is 8.47. The standard InChI is InChI=1S/C19H16F3N3OS/c20-14-4-1-12(2-5-14)9-18-23-24-19(27-18)25-7-8-26-17(11-25)13-3-6-15(21)16(22)10-13/h1-6,10,17H,7-9,11H2. The Balaban J connectivity index is 1.46. The van der Waals surface area contributed by atoms with Crippen molar-refractivity contribution in [3.05, 3.63) is 76.1 Å². The molecule has 27 heavy (non-hydrogen) atoms. The van der Waals surface area contributed by atoms with Crippen LogP contribution in [0.4, 0.5) is 18.3 Å². The molecule has 1 aromatic heterocycles. The van der Waals surface area contributed by atoms with E-state index in [2.05, 4.69) is 10.2 Å². The number of rotatable bonds is 4. The minimum atomic E-state index is -0.884. The second-order valence-electron chi connectivity index (χ2n) is 6.26. The van der Waals surface area contributed by atoms with Crippen molar-refractivity contribution in [1.29, 1.82) is 0 Å². The number of anilines is 1. The molecule has 2 aromatic carbocycles. The van der Waals surface area contributed by atoms with Gasteiger partial charge in [0, 0.05) is 13.0 Å². The highest BCUT2D eigenvalue weighted by molar-refractivity contribution is 7.15. The number of aromatic nitrogens is 2. The fourth-order valence-corrected chi connectivity index (χ4v) is 3.87. The van der Waals surface area contributed by atoms with Gasteiger partial charge in [0.2, 0.25) is 5.13 Å². The van der Waals surface area contributed by atoms with Gasteiger partial charge >= 0.3 is 0 Å². The Hall–Kier alpha value is -2.45. The number of halogens is 3. The van der Waals surface area contributed by atoms with Crippen molar-refractivity contribution in [3.63, 3.8) is 0 Å². The number of ether oxygens (including phenoxy) is 1. The van der Waals surface area contributed by atoms with Gasteiger partial charge in [-0.3, -0.25) is 0 Å². The van der Waals surface area contributed by atoms with Crippen molar-refractivity contribution < 1.29 is 17.9 Å². The van der Waals surface area contributed by atoms with Crippen molar-refractivity contribution in [1.82, 2.24) is 10.2 Å². The van der Waals surface area contributed by atoms with Crippen molar-refractivity contribution in [2.24, 2.45) is 0 Å². The smallest absolute Gasteiger partial charge is 0.208 e. The van der Waals surface area contributed by atoms with Gasteiger partial charge in [-0.25, -0.2) is 13.2 Å². The highest BCUT2D eigenvalue weighted by Crippen LogP contribution is 2.29. The average Bonchev–Trinajstić information content (AvgIpc) is 3.14. The van der Waals surface area contributed by atoms with Gasteiger partial charge in [0.15, 0.2) is 11.6 Å². The van der Waals surface area contributed by atoms with Crippen molar-refractivity contribution in [3.8, 4) is 0 Å². The second kappa shape index (κ2) is 7.66. The molecule has 0 radical (unpaired) electrons. The lowest BCUT2D eigenvalue weighted by Crippen LogP contribution is -2.38. The Bertz CT molecular complexity index is 932. The normalized spacial score (nSPS) is 17.3. The van der Waals surface area contributed by atoms with Gasteiger partial charge in [-0.1, -0.05) is 29.5 Å². The largest absolute Gasteiger partial charge is 0.370 e. The van der Waals surface area contributed by atoms with E-state index in [0.29, 0.717) is 31.7 Å². The maximum absolute atomic E-state index is 13.5. The molecule has 3 aromatic rings. The summed E-state index contributed by atoms with van der Waals surface area (Å²) in [6, 6.07) is 10.1. The lowest BCUT2D eigenvalue weighted by Gasteiger charge is -2.32. The van der Waals surface area contributed by atoms with E-state index >= 15 is 0 Å². The minimum absolute atomic E-state index is 0.270. The lowest BCUT2D eigenvalue weighted by atomic mass is 10.1. The van der Waals surface area contributed by atoms with Crippen LogP contribution in [0, 0.1) is 17.5 Å². The molecular weight excluding hydrogens is 375 g/mol. The molecule has 8 heteroatoms. The monoisotopic (exact) mass is 391 g/mol. The molecule has 0 N–H and O–H groups in total. The molecule has 1 atom stereocenters. The molecule has 1 unspecified atom stereocenters. The highest BCUT2D eigenvalue weighted by Gasteiger charge is 2.25. The Morgan fingerprint density at radius 3 is 2.63 bits per heavy atom. The van der Waals surface area contributed by atoms with E-state index in [9.17, 15) is 13.2 Å². The van der Waals surface area contributed by atoms with Crippen LogP contribution in [0.15, 0.2) is 42.5 Å². The number of benzene rings is 2. The van der Waals surface area contributed by atoms with Gasteiger partial charge in [0.05, 0.1) is 13.2 Å². The van der Waals surface area contributed by atoms with Crippen LogP contribution in [0.25, 0.3) is 0 Å². The van der Waals surface area contributed by atoms with Gasteiger partial charge in [0.25, 0.3) is 0 Å². The van der Waals surface area contributed by atoms with Crippen LogP contribution in [0.5, 0.6) is 0 Å². The second-order valence-corrected chi connectivity index (χ2v) is 7.30. The molecule has 0 spiro atoms. The third-order valence-electron chi connectivity index (χ3n) is 4.38. The number of hydrogen-bond donors (Lipinski definition) is 0. The van der Waals surface area contributed by atoms with Gasteiger partial charge in [-0.2, -0.15) is 0 Å². The summed E-state index contributed by atoms with van der Waals surface area (Å²) in [4.78, 5) is 2.03. The molecule has 1 fully saturated rings. The molecule has 0 amide bonds. The van der Waals surface area contributed by atoms with Crippen LogP contribution < -0.4 is 4.90 Å². The van der Waals surface area contributed by atoms with E-state index in [1.807, 2.05) is 4.90 Å². The zero-order chi connectivity index (χ0) is 18.8. The maximum atomic E-state index is 13.5. The number of nitrogens with zero attached hydrogens (tertiary/aromatic N) is 3. The molecule has 0 aliphatic carbocycles. The fraction of sp³-hybridized carbons (Fsp3) is 0.263. The predicted molar refractivity (Wildman–Crippen MR) is 96.4 cm³/mol. The van der Waals surface area contributed by atoms with Crippen molar-refractivity contribution >= 4 is 16.5 Å². The van der Waals surface area contributed by atoms with E-state index in [1.165, 1.54) is 35.6 Å². The Labute approximate surface area is 158 Å². The first-order chi connectivity index (χ1) is 13.1. The molecule has 2 heterocycles. The summed E-state index contributed by atoms with van der Waals surface area (Å²) in [5.41, 5.74) is 1.55. The molecule has 0 bridgehead atoms. The lowest BCUT2D eigenvalue weighted by molar-refractivity contribution is 0.0395. The van der Waals surface area contributed by atoms with Gasteiger partial charge < -0.3 is 9.64 Å². The molecule has 4 nitrogen and oxygen atoms in total. The SMILES string of the molecule is Fc1ccc(Cc2nnc(N3CCOC(c4ccc(F)c(F)c4)C3)s2)cc1. The van der Waals surface area contributed by atoms with Gasteiger partial charge in [-0.15, -0.1) is 10.2 Å². The van der Waals surface area contributed by atoms with Crippen molar-refractivity contribution in [2.45, 2.75) is 12.5 Å². The van der Waals surface area contributed by atoms with Crippen LogP contribution in [0.2, 0.25) is 0 Å². The molecule has 1 aliphatic rings. The van der Waals surface area contributed by atoms with E-state index in [1.54, 1.807) is 12.1 Å². The summed E-state index contributed by atoms with van der Waals surface area (Å²) in [6.07, 6.45) is 0.216. The number of morpholine rings is 1. The fourth-order valence-electron chi connectivity index (χ4n) is 2.96. The van der Waals surface area contributed by atoms with Gasteiger partial charge in [-0.05, 0) is 35.4 Å². The predicted octanol–water partition coefficient (Wildman–Crippen LogP) is 4.12. The van der Waals surface area contributed by atoms with Crippen molar-refractivity contribution in [2.75, 3.05) is 24.6 Å². The van der Waals surface area contributed by atoms with Crippen LogP contribution in [0.1, 0.15) is 22.2 Å². The van der Waals surface area contributed by atoms with E-state index in [0.717, 1.165) is 21.8 Å². The molecule has 4 rings (SSSR count).